The summed E-state index contributed by atoms with van der Waals surface area (Å²) < 4.78 is 6.34. The van der Waals surface area contributed by atoms with Crippen molar-refractivity contribution in [2.45, 2.75) is 12.5 Å². The smallest absolute Gasteiger partial charge is 0.120 e. The Labute approximate surface area is 122 Å². The van der Waals surface area contributed by atoms with E-state index in [0.717, 1.165) is 26.5 Å². The minimum Gasteiger partial charge on any atom is -0.497 e. The van der Waals surface area contributed by atoms with E-state index in [-0.39, 0.29) is 0 Å². The van der Waals surface area contributed by atoms with Crippen LogP contribution < -0.4 is 10.5 Å². The van der Waals surface area contributed by atoms with Crippen LogP contribution in [0.1, 0.15) is 17.5 Å². The van der Waals surface area contributed by atoms with Gasteiger partial charge >= 0.3 is 0 Å². The molecule has 1 aromatic heterocycles. The van der Waals surface area contributed by atoms with Gasteiger partial charge in [-0.2, -0.15) is 0 Å². The second-order valence-electron chi connectivity index (χ2n) is 4.92. The van der Waals surface area contributed by atoms with E-state index in [1.54, 1.807) is 18.4 Å². The van der Waals surface area contributed by atoms with Gasteiger partial charge in [-0.1, -0.05) is 30.3 Å². The van der Waals surface area contributed by atoms with Crippen molar-refractivity contribution in [3.63, 3.8) is 0 Å². The lowest BCUT2D eigenvalue weighted by Crippen LogP contribution is -2.34. The summed E-state index contributed by atoms with van der Waals surface area (Å²) in [6.07, 6.45) is 0. The predicted octanol–water partition coefficient (Wildman–Crippen LogP) is 3.53. The summed E-state index contributed by atoms with van der Waals surface area (Å²) in [5, 5.41) is 0.909. The number of fused-ring (bicyclic) bond motifs is 1. The van der Waals surface area contributed by atoms with E-state index in [1.807, 2.05) is 55.5 Å². The van der Waals surface area contributed by atoms with Gasteiger partial charge in [-0.15, -0.1) is 11.3 Å². The van der Waals surface area contributed by atoms with Crippen LogP contribution in [0.15, 0.2) is 48.5 Å². The van der Waals surface area contributed by atoms with Crippen molar-refractivity contribution in [3.05, 3.63) is 59.1 Å². The van der Waals surface area contributed by atoms with Crippen molar-refractivity contribution >= 4 is 21.6 Å². The van der Waals surface area contributed by atoms with E-state index in [1.165, 1.54) is 0 Å². The highest BCUT2D eigenvalue weighted by molar-refractivity contribution is 7.18. The summed E-state index contributed by atoms with van der Waals surface area (Å²) in [7, 11) is 1.67. The van der Waals surface area contributed by atoms with Crippen LogP contribution in [0.4, 0.5) is 0 Å². The molecule has 1 atom stereocenters. The molecule has 0 saturated carbocycles. The summed E-state index contributed by atoms with van der Waals surface area (Å²) in [4.78, 5) is 4.67. The first kappa shape index (κ1) is 13.1. The Kier molecular flexibility index (Phi) is 3.20. The second kappa shape index (κ2) is 4.89. The first-order chi connectivity index (χ1) is 9.61. The normalized spacial score (nSPS) is 14.2. The van der Waals surface area contributed by atoms with Crippen LogP contribution in [-0.4, -0.2) is 12.1 Å². The molecular formula is C16H16N2OS. The minimum atomic E-state index is -0.585. The van der Waals surface area contributed by atoms with Gasteiger partial charge in [0.25, 0.3) is 0 Å². The molecule has 0 aliphatic rings. The molecule has 0 bridgehead atoms. The Balaban J connectivity index is 2.10. The quantitative estimate of drug-likeness (QED) is 0.800. The van der Waals surface area contributed by atoms with Gasteiger partial charge in [-0.05, 0) is 30.7 Å². The molecule has 2 N–H and O–H groups in total. The summed E-state index contributed by atoms with van der Waals surface area (Å²) in [5.74, 6) is 0.839. The lowest BCUT2D eigenvalue weighted by molar-refractivity contribution is 0.415. The second-order valence-corrected chi connectivity index (χ2v) is 5.95. The largest absolute Gasteiger partial charge is 0.497 e. The van der Waals surface area contributed by atoms with Gasteiger partial charge in [0.05, 0.1) is 22.9 Å². The van der Waals surface area contributed by atoms with E-state index >= 15 is 0 Å². The van der Waals surface area contributed by atoms with Gasteiger partial charge in [-0.25, -0.2) is 4.98 Å². The van der Waals surface area contributed by atoms with Crippen molar-refractivity contribution in [1.29, 1.82) is 0 Å². The summed E-state index contributed by atoms with van der Waals surface area (Å²) in [6, 6.07) is 15.9. The summed E-state index contributed by atoms with van der Waals surface area (Å²) >= 11 is 1.61. The molecule has 0 aliphatic heterocycles. The van der Waals surface area contributed by atoms with E-state index < -0.39 is 5.54 Å². The van der Waals surface area contributed by atoms with Crippen LogP contribution in [-0.2, 0) is 5.54 Å². The maximum atomic E-state index is 6.51. The fraction of sp³-hybridized carbons (Fsp3) is 0.188. The van der Waals surface area contributed by atoms with Crippen LogP contribution in [0.5, 0.6) is 5.75 Å². The van der Waals surface area contributed by atoms with E-state index in [2.05, 4.69) is 4.98 Å². The van der Waals surface area contributed by atoms with Crippen molar-refractivity contribution in [2.24, 2.45) is 5.73 Å². The average molecular weight is 284 g/mol. The topological polar surface area (TPSA) is 48.1 Å². The van der Waals surface area contributed by atoms with Gasteiger partial charge < -0.3 is 10.5 Å². The molecule has 4 heteroatoms. The monoisotopic (exact) mass is 284 g/mol. The van der Waals surface area contributed by atoms with E-state index in [4.69, 9.17) is 10.5 Å². The number of ether oxygens (including phenoxy) is 1. The summed E-state index contributed by atoms with van der Waals surface area (Å²) in [6.45, 7) is 2.00. The van der Waals surface area contributed by atoms with Crippen LogP contribution >= 0.6 is 11.3 Å². The number of aromatic nitrogens is 1. The number of rotatable bonds is 3. The van der Waals surface area contributed by atoms with Gasteiger partial charge in [0.15, 0.2) is 0 Å². The molecule has 3 nitrogen and oxygen atoms in total. The molecule has 0 spiro atoms. The minimum absolute atomic E-state index is 0.585. The lowest BCUT2D eigenvalue weighted by atomic mass is 9.94. The highest BCUT2D eigenvalue weighted by Gasteiger charge is 2.27. The third-order valence-corrected chi connectivity index (χ3v) is 4.67. The van der Waals surface area contributed by atoms with Gasteiger partial charge in [-0.3, -0.25) is 0 Å². The summed E-state index contributed by atoms with van der Waals surface area (Å²) in [5.41, 5.74) is 7.94. The Morgan fingerprint density at radius 3 is 2.60 bits per heavy atom. The zero-order valence-corrected chi connectivity index (χ0v) is 12.3. The molecule has 0 saturated heterocycles. The molecule has 0 aliphatic carbocycles. The molecule has 0 fully saturated rings. The number of hydrogen-bond acceptors (Lipinski definition) is 4. The molecular weight excluding hydrogens is 268 g/mol. The number of benzene rings is 2. The molecule has 3 aromatic rings. The van der Waals surface area contributed by atoms with Crippen LogP contribution in [0.2, 0.25) is 0 Å². The SMILES string of the molecule is COc1ccc2nc(C(C)(N)c3ccccc3)sc2c1. The predicted molar refractivity (Wildman–Crippen MR) is 83.3 cm³/mol. The fourth-order valence-corrected chi connectivity index (χ4v) is 3.24. The lowest BCUT2D eigenvalue weighted by Gasteiger charge is -2.22. The molecule has 20 heavy (non-hydrogen) atoms. The highest BCUT2D eigenvalue weighted by atomic mass is 32.1. The van der Waals surface area contributed by atoms with Crippen LogP contribution in [0.25, 0.3) is 10.2 Å². The molecule has 1 heterocycles. The molecule has 2 aromatic carbocycles. The molecule has 0 amide bonds. The molecule has 0 radical (unpaired) electrons. The van der Waals surface area contributed by atoms with E-state index in [9.17, 15) is 0 Å². The average Bonchev–Trinajstić information content (AvgIpc) is 2.91. The maximum absolute atomic E-state index is 6.51. The standard InChI is InChI=1S/C16H16N2OS/c1-16(17,11-6-4-3-5-7-11)15-18-13-9-8-12(19-2)10-14(13)20-15/h3-10H,17H2,1-2H3. The van der Waals surface area contributed by atoms with Crippen molar-refractivity contribution < 1.29 is 4.74 Å². The zero-order valence-electron chi connectivity index (χ0n) is 11.5. The Hall–Kier alpha value is -1.91. The number of methoxy groups -OCH3 is 1. The van der Waals surface area contributed by atoms with Crippen molar-refractivity contribution in [3.8, 4) is 5.75 Å². The van der Waals surface area contributed by atoms with E-state index in [0.29, 0.717) is 0 Å². The maximum Gasteiger partial charge on any atom is 0.120 e. The Morgan fingerprint density at radius 2 is 1.90 bits per heavy atom. The van der Waals surface area contributed by atoms with Gasteiger partial charge in [0.1, 0.15) is 10.8 Å². The molecule has 1 unspecified atom stereocenters. The number of nitrogens with zero attached hydrogens (tertiary/aromatic N) is 1. The third kappa shape index (κ3) is 2.17. The van der Waals surface area contributed by atoms with Crippen LogP contribution in [0, 0.1) is 0 Å². The Bertz CT molecular complexity index is 735. The number of hydrogen-bond donors (Lipinski definition) is 1. The molecule has 3 rings (SSSR count). The van der Waals surface area contributed by atoms with Crippen molar-refractivity contribution in [2.75, 3.05) is 7.11 Å². The first-order valence-electron chi connectivity index (χ1n) is 6.41. The number of thiazole rings is 1. The third-order valence-electron chi connectivity index (χ3n) is 3.41. The van der Waals surface area contributed by atoms with Crippen LogP contribution in [0.3, 0.4) is 0 Å². The van der Waals surface area contributed by atoms with Gasteiger partial charge in [0.2, 0.25) is 0 Å². The van der Waals surface area contributed by atoms with Gasteiger partial charge in [0, 0.05) is 0 Å². The number of nitrogens with two attached hydrogens (primary N) is 1. The zero-order chi connectivity index (χ0) is 14.2. The first-order valence-corrected chi connectivity index (χ1v) is 7.22. The fourth-order valence-electron chi connectivity index (χ4n) is 2.16. The molecule has 102 valence electrons. The Morgan fingerprint density at radius 1 is 1.15 bits per heavy atom. The highest BCUT2D eigenvalue weighted by Crippen LogP contribution is 2.34. The van der Waals surface area contributed by atoms with Crippen molar-refractivity contribution in [1.82, 2.24) is 4.98 Å².